The number of alkyl carbamates (subject to hydrolysis) is 1. The monoisotopic (exact) mass is 298 g/mol. The molecular weight excluding hydrogens is 284 g/mol. The van der Waals surface area contributed by atoms with Crippen molar-refractivity contribution in [3.05, 3.63) is 28.3 Å². The van der Waals surface area contributed by atoms with Gasteiger partial charge in [0.2, 0.25) is 0 Å². The van der Waals surface area contributed by atoms with E-state index in [0.717, 1.165) is 0 Å². The molecule has 0 fully saturated rings. The summed E-state index contributed by atoms with van der Waals surface area (Å²) < 4.78 is 14.4. The van der Waals surface area contributed by atoms with Crippen LogP contribution >= 0.6 is 0 Å². The van der Waals surface area contributed by atoms with Crippen molar-refractivity contribution < 1.29 is 28.7 Å². The van der Waals surface area contributed by atoms with E-state index >= 15 is 0 Å². The fourth-order valence-electron chi connectivity index (χ4n) is 1.35. The summed E-state index contributed by atoms with van der Waals surface area (Å²) in [6.07, 6.45) is -0.907. The Bertz CT molecular complexity index is 544. The zero-order chi connectivity index (χ0) is 15.8. The third-order valence-electron chi connectivity index (χ3n) is 2.24. The lowest BCUT2D eigenvalue weighted by molar-refractivity contribution is -0.385. The molecule has 0 bridgehead atoms. The van der Waals surface area contributed by atoms with E-state index in [9.17, 15) is 19.7 Å². The van der Waals surface area contributed by atoms with Crippen LogP contribution in [0.4, 0.5) is 10.5 Å². The summed E-state index contributed by atoms with van der Waals surface area (Å²) in [6, 6.07) is 3.92. The number of imide groups is 1. The average molecular weight is 298 g/mol. The molecule has 9 heteroatoms. The van der Waals surface area contributed by atoms with Gasteiger partial charge in [-0.15, -0.1) is 0 Å². The van der Waals surface area contributed by atoms with Crippen LogP contribution in [-0.2, 0) is 9.53 Å². The molecule has 0 aliphatic rings. The lowest BCUT2D eigenvalue weighted by Gasteiger charge is -2.08. The molecule has 0 spiro atoms. The average Bonchev–Trinajstić information content (AvgIpc) is 2.45. The van der Waals surface area contributed by atoms with Gasteiger partial charge >= 0.3 is 11.8 Å². The number of nitro benzene ring substituents is 1. The second kappa shape index (κ2) is 7.68. The number of carbonyl (C=O) groups excluding carboxylic acids is 2. The molecule has 1 N–H and O–H groups in total. The second-order valence-corrected chi connectivity index (χ2v) is 3.65. The number of benzene rings is 1. The van der Waals surface area contributed by atoms with Crippen LogP contribution in [0.25, 0.3) is 0 Å². The number of nitro groups is 1. The summed E-state index contributed by atoms with van der Waals surface area (Å²) >= 11 is 0. The normalized spacial score (nSPS) is 9.62. The van der Waals surface area contributed by atoms with Crippen molar-refractivity contribution in [1.29, 1.82) is 0 Å². The Labute approximate surface area is 119 Å². The minimum atomic E-state index is -0.907. The highest BCUT2D eigenvalue weighted by Crippen LogP contribution is 2.30. The highest BCUT2D eigenvalue weighted by atomic mass is 16.6. The van der Waals surface area contributed by atoms with Gasteiger partial charge in [-0.3, -0.25) is 20.2 Å². The van der Waals surface area contributed by atoms with Gasteiger partial charge in [0, 0.05) is 0 Å². The van der Waals surface area contributed by atoms with Gasteiger partial charge in [-0.1, -0.05) is 0 Å². The molecule has 0 aliphatic heterocycles. The maximum atomic E-state index is 11.4. The fourth-order valence-corrected chi connectivity index (χ4v) is 1.35. The molecule has 0 heterocycles. The van der Waals surface area contributed by atoms with Crippen LogP contribution in [0.2, 0.25) is 0 Å². The van der Waals surface area contributed by atoms with E-state index in [1.54, 1.807) is 6.92 Å². The molecule has 9 nitrogen and oxygen atoms in total. The summed E-state index contributed by atoms with van der Waals surface area (Å²) in [5, 5.41) is 12.8. The van der Waals surface area contributed by atoms with Crippen LogP contribution in [0.3, 0.4) is 0 Å². The standard InChI is InChI=1S/C12H14N2O7/c1-3-20-12(16)13-11(15)7-21-10-5-4-8(19-2)6-9(10)14(17)18/h4-6H,3,7H2,1-2H3,(H,13,15,16). The summed E-state index contributed by atoms with van der Waals surface area (Å²) in [6.45, 7) is 1.14. The van der Waals surface area contributed by atoms with E-state index < -0.39 is 23.5 Å². The predicted octanol–water partition coefficient (Wildman–Crippen LogP) is 1.25. The van der Waals surface area contributed by atoms with Gasteiger partial charge < -0.3 is 14.2 Å². The third kappa shape index (κ3) is 4.97. The van der Waals surface area contributed by atoms with Crippen LogP contribution in [0.5, 0.6) is 11.5 Å². The number of nitrogens with one attached hydrogen (secondary N) is 1. The molecular formula is C12H14N2O7. The first-order valence-corrected chi connectivity index (χ1v) is 5.89. The van der Waals surface area contributed by atoms with Crippen molar-refractivity contribution in [2.45, 2.75) is 6.92 Å². The van der Waals surface area contributed by atoms with Gasteiger partial charge in [-0.2, -0.15) is 0 Å². The van der Waals surface area contributed by atoms with Gasteiger partial charge in [0.15, 0.2) is 12.4 Å². The zero-order valence-electron chi connectivity index (χ0n) is 11.5. The molecule has 21 heavy (non-hydrogen) atoms. The number of nitrogens with zero attached hydrogens (tertiary/aromatic N) is 1. The zero-order valence-corrected chi connectivity index (χ0v) is 11.5. The molecule has 0 saturated heterocycles. The molecule has 0 radical (unpaired) electrons. The van der Waals surface area contributed by atoms with Crippen LogP contribution in [0, 0.1) is 10.1 Å². The number of ether oxygens (including phenoxy) is 3. The lowest BCUT2D eigenvalue weighted by atomic mass is 10.3. The number of methoxy groups -OCH3 is 1. The van der Waals surface area contributed by atoms with E-state index in [1.807, 2.05) is 5.32 Å². The molecule has 114 valence electrons. The highest BCUT2D eigenvalue weighted by Gasteiger charge is 2.18. The van der Waals surface area contributed by atoms with Gasteiger partial charge in [-0.25, -0.2) is 4.79 Å². The largest absolute Gasteiger partial charge is 0.496 e. The molecule has 1 aromatic rings. The molecule has 2 amide bonds. The molecule has 0 unspecified atom stereocenters. The molecule has 0 atom stereocenters. The Balaban J connectivity index is 2.68. The van der Waals surface area contributed by atoms with Crippen molar-refractivity contribution in [2.24, 2.45) is 0 Å². The Morgan fingerprint density at radius 3 is 2.67 bits per heavy atom. The number of hydrogen-bond acceptors (Lipinski definition) is 7. The number of carbonyl (C=O) groups is 2. The van der Waals surface area contributed by atoms with E-state index in [1.165, 1.54) is 25.3 Å². The number of rotatable bonds is 6. The Morgan fingerprint density at radius 1 is 1.38 bits per heavy atom. The van der Waals surface area contributed by atoms with Crippen LogP contribution < -0.4 is 14.8 Å². The minimum Gasteiger partial charge on any atom is -0.496 e. The maximum absolute atomic E-state index is 11.4. The van der Waals surface area contributed by atoms with Gasteiger partial charge in [0.1, 0.15) is 5.75 Å². The topological polar surface area (TPSA) is 117 Å². The first-order chi connectivity index (χ1) is 9.97. The molecule has 0 saturated carbocycles. The summed E-state index contributed by atoms with van der Waals surface area (Å²) in [7, 11) is 1.37. The Kier molecular flexibility index (Phi) is 5.93. The fraction of sp³-hybridized carbons (Fsp3) is 0.333. The Morgan fingerprint density at radius 2 is 2.10 bits per heavy atom. The van der Waals surface area contributed by atoms with Crippen molar-refractivity contribution in [3.8, 4) is 11.5 Å². The summed E-state index contributed by atoms with van der Waals surface area (Å²) in [5.41, 5.74) is -0.349. The van der Waals surface area contributed by atoms with Gasteiger partial charge in [-0.05, 0) is 19.1 Å². The number of hydrogen-bond donors (Lipinski definition) is 1. The van der Waals surface area contributed by atoms with Crippen molar-refractivity contribution in [3.63, 3.8) is 0 Å². The van der Waals surface area contributed by atoms with E-state index in [-0.39, 0.29) is 23.8 Å². The van der Waals surface area contributed by atoms with E-state index in [2.05, 4.69) is 4.74 Å². The molecule has 0 aliphatic carbocycles. The number of amides is 2. The first kappa shape index (κ1) is 16.2. The molecule has 0 aromatic heterocycles. The summed E-state index contributed by atoms with van der Waals surface area (Å²) in [4.78, 5) is 32.6. The minimum absolute atomic E-state index is 0.111. The van der Waals surface area contributed by atoms with Gasteiger partial charge in [0.25, 0.3) is 5.91 Å². The Hall–Kier alpha value is -2.84. The van der Waals surface area contributed by atoms with Crippen molar-refractivity contribution in [2.75, 3.05) is 20.3 Å². The molecule has 1 rings (SSSR count). The predicted molar refractivity (Wildman–Crippen MR) is 70.3 cm³/mol. The smallest absolute Gasteiger partial charge is 0.413 e. The van der Waals surface area contributed by atoms with Crippen LogP contribution in [0.15, 0.2) is 18.2 Å². The van der Waals surface area contributed by atoms with Crippen LogP contribution in [0.1, 0.15) is 6.92 Å². The second-order valence-electron chi connectivity index (χ2n) is 3.65. The van der Waals surface area contributed by atoms with Gasteiger partial charge in [0.05, 0.1) is 24.7 Å². The van der Waals surface area contributed by atoms with E-state index in [4.69, 9.17) is 9.47 Å². The van der Waals surface area contributed by atoms with E-state index in [0.29, 0.717) is 0 Å². The third-order valence-corrected chi connectivity index (χ3v) is 2.24. The SMILES string of the molecule is CCOC(=O)NC(=O)COc1ccc(OC)cc1[N+](=O)[O-]. The first-order valence-electron chi connectivity index (χ1n) is 5.89. The summed E-state index contributed by atoms with van der Waals surface area (Å²) in [5.74, 6) is -0.608. The van der Waals surface area contributed by atoms with Crippen molar-refractivity contribution >= 4 is 17.7 Å². The van der Waals surface area contributed by atoms with Crippen molar-refractivity contribution in [1.82, 2.24) is 5.32 Å². The van der Waals surface area contributed by atoms with Crippen LogP contribution in [-0.4, -0.2) is 37.2 Å². The molecule has 1 aromatic carbocycles. The quantitative estimate of drug-likeness (QED) is 0.620. The highest BCUT2D eigenvalue weighted by molar-refractivity contribution is 5.92. The maximum Gasteiger partial charge on any atom is 0.413 e. The lowest BCUT2D eigenvalue weighted by Crippen LogP contribution is -2.34.